The Labute approximate surface area is 119 Å². The molecule has 0 aliphatic heterocycles. The van der Waals surface area contributed by atoms with Gasteiger partial charge in [-0.15, -0.1) is 11.8 Å². The van der Waals surface area contributed by atoms with E-state index in [4.69, 9.17) is 4.74 Å². The van der Waals surface area contributed by atoms with Crippen LogP contribution >= 0.6 is 11.8 Å². The smallest absolute Gasteiger partial charge is 0.119 e. The zero-order valence-electron chi connectivity index (χ0n) is 11.3. The Bertz CT molecular complexity index is 510. The van der Waals surface area contributed by atoms with Crippen LogP contribution in [0.5, 0.6) is 5.75 Å². The van der Waals surface area contributed by atoms with Gasteiger partial charge in [-0.2, -0.15) is 0 Å². The summed E-state index contributed by atoms with van der Waals surface area (Å²) in [5.41, 5.74) is 2.51. The number of thioether (sulfide) groups is 1. The molecule has 0 aliphatic carbocycles. The maximum atomic E-state index is 5.84. The standard InChI is InChI=1S/C16H19NOS/c1-17-11-13-5-3-4-6-14(13)12-18-15-7-9-16(19-2)10-8-15/h3-10,17H,11-12H2,1-2H3. The van der Waals surface area contributed by atoms with Crippen LogP contribution < -0.4 is 10.1 Å². The predicted molar refractivity (Wildman–Crippen MR) is 81.8 cm³/mol. The Morgan fingerprint density at radius 1 is 1.00 bits per heavy atom. The number of ether oxygens (including phenoxy) is 1. The normalized spacial score (nSPS) is 10.4. The third kappa shape index (κ3) is 4.01. The van der Waals surface area contributed by atoms with Crippen molar-refractivity contribution in [1.82, 2.24) is 5.32 Å². The molecule has 0 saturated carbocycles. The molecule has 0 atom stereocenters. The molecule has 0 heterocycles. The molecule has 0 fully saturated rings. The minimum Gasteiger partial charge on any atom is -0.489 e. The molecule has 0 radical (unpaired) electrons. The molecule has 0 amide bonds. The van der Waals surface area contributed by atoms with Crippen molar-refractivity contribution in [3.63, 3.8) is 0 Å². The first-order valence-electron chi connectivity index (χ1n) is 6.31. The largest absolute Gasteiger partial charge is 0.489 e. The minimum atomic E-state index is 0.608. The highest BCUT2D eigenvalue weighted by Crippen LogP contribution is 2.20. The molecule has 2 nitrogen and oxygen atoms in total. The molecule has 0 spiro atoms. The van der Waals surface area contributed by atoms with Crippen LogP contribution in [0.15, 0.2) is 53.4 Å². The summed E-state index contributed by atoms with van der Waals surface area (Å²) in [6.45, 7) is 1.47. The third-order valence-electron chi connectivity index (χ3n) is 2.94. The summed E-state index contributed by atoms with van der Waals surface area (Å²) in [6, 6.07) is 16.6. The molecular formula is C16H19NOS. The number of hydrogen-bond donors (Lipinski definition) is 1. The highest BCUT2D eigenvalue weighted by molar-refractivity contribution is 7.98. The van der Waals surface area contributed by atoms with Crippen LogP contribution in [-0.2, 0) is 13.2 Å². The van der Waals surface area contributed by atoms with E-state index in [0.717, 1.165) is 12.3 Å². The lowest BCUT2D eigenvalue weighted by molar-refractivity contribution is 0.304. The number of nitrogens with one attached hydrogen (secondary N) is 1. The summed E-state index contributed by atoms with van der Waals surface area (Å²) in [6.07, 6.45) is 2.07. The molecule has 0 bridgehead atoms. The Kier molecular flexibility index (Phi) is 5.31. The van der Waals surface area contributed by atoms with Crippen molar-refractivity contribution in [2.45, 2.75) is 18.0 Å². The van der Waals surface area contributed by atoms with Crippen LogP contribution in [0.4, 0.5) is 0 Å². The molecule has 1 N–H and O–H groups in total. The first kappa shape index (κ1) is 14.0. The molecule has 2 aromatic carbocycles. The first-order valence-corrected chi connectivity index (χ1v) is 7.54. The quantitative estimate of drug-likeness (QED) is 0.811. The maximum Gasteiger partial charge on any atom is 0.119 e. The van der Waals surface area contributed by atoms with Crippen molar-refractivity contribution in [2.24, 2.45) is 0 Å². The van der Waals surface area contributed by atoms with E-state index in [1.54, 1.807) is 11.8 Å². The number of benzene rings is 2. The van der Waals surface area contributed by atoms with Crippen molar-refractivity contribution < 1.29 is 4.74 Å². The van der Waals surface area contributed by atoms with Gasteiger partial charge in [0.15, 0.2) is 0 Å². The van der Waals surface area contributed by atoms with E-state index < -0.39 is 0 Å². The van der Waals surface area contributed by atoms with Crippen molar-refractivity contribution >= 4 is 11.8 Å². The average Bonchev–Trinajstić information content (AvgIpc) is 2.47. The lowest BCUT2D eigenvalue weighted by Gasteiger charge is -2.11. The van der Waals surface area contributed by atoms with E-state index >= 15 is 0 Å². The molecule has 0 unspecified atom stereocenters. The summed E-state index contributed by atoms with van der Waals surface area (Å²) >= 11 is 1.74. The van der Waals surface area contributed by atoms with Gasteiger partial charge in [0.05, 0.1) is 0 Å². The van der Waals surface area contributed by atoms with E-state index in [1.165, 1.54) is 16.0 Å². The predicted octanol–water partition coefficient (Wildman–Crippen LogP) is 3.71. The second-order valence-corrected chi connectivity index (χ2v) is 5.14. The summed E-state index contributed by atoms with van der Waals surface area (Å²) in [5, 5.41) is 3.18. The van der Waals surface area contributed by atoms with E-state index in [9.17, 15) is 0 Å². The van der Waals surface area contributed by atoms with Gasteiger partial charge < -0.3 is 10.1 Å². The van der Waals surface area contributed by atoms with Gasteiger partial charge in [-0.1, -0.05) is 24.3 Å². The van der Waals surface area contributed by atoms with Gasteiger partial charge in [-0.05, 0) is 48.7 Å². The van der Waals surface area contributed by atoms with E-state index in [2.05, 4.69) is 48.0 Å². The second kappa shape index (κ2) is 7.22. The molecule has 0 aromatic heterocycles. The van der Waals surface area contributed by atoms with Gasteiger partial charge in [0.25, 0.3) is 0 Å². The molecule has 19 heavy (non-hydrogen) atoms. The lowest BCUT2D eigenvalue weighted by Crippen LogP contribution is -2.09. The Morgan fingerprint density at radius 3 is 2.32 bits per heavy atom. The molecular weight excluding hydrogens is 254 g/mol. The fourth-order valence-corrected chi connectivity index (χ4v) is 2.30. The maximum absolute atomic E-state index is 5.84. The zero-order valence-corrected chi connectivity index (χ0v) is 12.2. The summed E-state index contributed by atoms with van der Waals surface area (Å²) in [7, 11) is 1.96. The van der Waals surface area contributed by atoms with Crippen LogP contribution in [0.3, 0.4) is 0 Å². The van der Waals surface area contributed by atoms with Gasteiger partial charge in [0, 0.05) is 11.4 Å². The zero-order chi connectivity index (χ0) is 13.5. The minimum absolute atomic E-state index is 0.608. The highest BCUT2D eigenvalue weighted by atomic mass is 32.2. The van der Waals surface area contributed by atoms with E-state index in [-0.39, 0.29) is 0 Å². The highest BCUT2D eigenvalue weighted by Gasteiger charge is 2.02. The molecule has 3 heteroatoms. The van der Waals surface area contributed by atoms with Gasteiger partial charge in [-0.25, -0.2) is 0 Å². The fraction of sp³-hybridized carbons (Fsp3) is 0.250. The molecule has 100 valence electrons. The Morgan fingerprint density at radius 2 is 1.68 bits per heavy atom. The average molecular weight is 273 g/mol. The van der Waals surface area contributed by atoms with Gasteiger partial charge >= 0.3 is 0 Å². The van der Waals surface area contributed by atoms with Gasteiger partial charge in [0.2, 0.25) is 0 Å². The van der Waals surface area contributed by atoms with Crippen molar-refractivity contribution in [1.29, 1.82) is 0 Å². The van der Waals surface area contributed by atoms with Crippen LogP contribution in [0.1, 0.15) is 11.1 Å². The summed E-state index contributed by atoms with van der Waals surface area (Å²) in [4.78, 5) is 1.25. The topological polar surface area (TPSA) is 21.3 Å². The first-order chi connectivity index (χ1) is 9.33. The van der Waals surface area contributed by atoms with Crippen LogP contribution in [-0.4, -0.2) is 13.3 Å². The van der Waals surface area contributed by atoms with Crippen LogP contribution in [0.2, 0.25) is 0 Å². The summed E-state index contributed by atoms with van der Waals surface area (Å²) in [5.74, 6) is 0.914. The van der Waals surface area contributed by atoms with E-state index in [1.807, 2.05) is 19.2 Å². The summed E-state index contributed by atoms with van der Waals surface area (Å²) < 4.78 is 5.84. The molecule has 0 aliphatic rings. The third-order valence-corrected chi connectivity index (χ3v) is 3.68. The number of rotatable bonds is 6. The SMILES string of the molecule is CNCc1ccccc1COc1ccc(SC)cc1. The van der Waals surface area contributed by atoms with Gasteiger partial charge in [-0.3, -0.25) is 0 Å². The second-order valence-electron chi connectivity index (χ2n) is 4.26. The van der Waals surface area contributed by atoms with E-state index in [0.29, 0.717) is 6.61 Å². The Hall–Kier alpha value is -1.45. The van der Waals surface area contributed by atoms with Crippen LogP contribution in [0, 0.1) is 0 Å². The molecule has 0 saturated heterocycles. The Balaban J connectivity index is 2.01. The molecule has 2 rings (SSSR count). The van der Waals surface area contributed by atoms with Crippen molar-refractivity contribution in [2.75, 3.05) is 13.3 Å². The van der Waals surface area contributed by atoms with Crippen molar-refractivity contribution in [3.8, 4) is 5.75 Å². The van der Waals surface area contributed by atoms with Crippen molar-refractivity contribution in [3.05, 3.63) is 59.7 Å². The van der Waals surface area contributed by atoms with Gasteiger partial charge in [0.1, 0.15) is 12.4 Å². The fourth-order valence-electron chi connectivity index (χ4n) is 1.89. The van der Waals surface area contributed by atoms with Crippen LogP contribution in [0.25, 0.3) is 0 Å². The monoisotopic (exact) mass is 273 g/mol. The lowest BCUT2D eigenvalue weighted by atomic mass is 10.1. The number of hydrogen-bond acceptors (Lipinski definition) is 3. The molecule has 2 aromatic rings.